The number of nitrogens with one attached hydrogen (secondary N) is 12. The van der Waals surface area contributed by atoms with E-state index in [1.165, 1.54) is 47.0 Å². The number of rotatable bonds is 101. The first-order valence-electron chi connectivity index (χ1n) is 48.9. The van der Waals surface area contributed by atoms with Gasteiger partial charge in [0.25, 0.3) is 20.7 Å². The van der Waals surface area contributed by atoms with Crippen molar-refractivity contribution in [1.82, 2.24) is 63.8 Å². The molecule has 48 heteroatoms. The van der Waals surface area contributed by atoms with Crippen LogP contribution in [0, 0.1) is 5.41 Å². The van der Waals surface area contributed by atoms with Crippen molar-refractivity contribution >= 4 is 215 Å². The van der Waals surface area contributed by atoms with Crippen LogP contribution in [0.1, 0.15) is 162 Å². The summed E-state index contributed by atoms with van der Waals surface area (Å²) in [6, 6.07) is 0. The Bertz CT molecular complexity index is 2800. The molecule has 138 heavy (non-hydrogen) atoms. The summed E-state index contributed by atoms with van der Waals surface area (Å²) in [5.41, 5.74) is -1.13. The van der Waals surface area contributed by atoms with Gasteiger partial charge in [0.15, 0.2) is 0 Å². The zero-order valence-electron chi connectivity index (χ0n) is 82.5. The molecular formula is C90H170N12O24S12. The van der Waals surface area contributed by atoms with Gasteiger partial charge in [-0.15, -0.1) is 0 Å². The van der Waals surface area contributed by atoms with Gasteiger partial charge in [-0.1, -0.05) is 20.8 Å². The van der Waals surface area contributed by atoms with E-state index in [2.05, 4.69) is 135 Å². The number of unbranched alkanes of at least 4 members (excludes halogenated alkanes) is 3. The lowest BCUT2D eigenvalue weighted by molar-refractivity contribution is -0.151. The van der Waals surface area contributed by atoms with Crippen LogP contribution in [0.25, 0.3) is 0 Å². The molecule has 0 saturated heterocycles. The monoisotopic (exact) mass is 2190 g/mol. The second-order valence-electron chi connectivity index (χ2n) is 31.6. The van der Waals surface area contributed by atoms with Crippen molar-refractivity contribution in [2.45, 2.75) is 186 Å². The molecule has 0 aromatic rings. The molecule has 0 amide bonds. The van der Waals surface area contributed by atoms with Crippen LogP contribution in [0.4, 0.5) is 0 Å². The van der Waals surface area contributed by atoms with Crippen molar-refractivity contribution in [3.63, 3.8) is 0 Å². The Kier molecular flexibility index (Phi) is 100. The standard InChI is InChI=1S/C90H170N12O24S12/c1-5-27-92-31-8-11-34-95-38-15-42-99-86(131)123-74(66-127)62-119-82(107)23-58-135-54-19-78(103)115-50-46-111-70-90(73-114-49-53-118-81(106)22-57-138-61-26-85(110)122-65-77(69-130)126-89(134)102-45-18-41-98-37-14-30-91-4,71-112-47-51-116-79(104)20-55-136-59-24-83(108)120-63-75(67-128)124-87(132)100-43-16-39-96-35-12-9-32-93-28-6-2)72-113-48-52-117-80(105)21-56-137-60-25-84(109)121-64-76(68-129)125-88(133)101-44-17-40-97-36-13-10-33-94-29-7-3/h74-77,91-98,127-130H,5-73H2,1-4H3,(H,99,131)(H,100,132)(H,101,133)(H,102,134). The second kappa shape index (κ2) is 102. The first-order chi connectivity index (χ1) is 67.2. The second-order valence-corrected chi connectivity index (χ2v) is 39.4. The van der Waals surface area contributed by atoms with Crippen LogP contribution in [0.3, 0.4) is 0 Å². The Hall–Kier alpha value is -3.16. The Labute approximate surface area is 883 Å². The van der Waals surface area contributed by atoms with Crippen molar-refractivity contribution in [3.8, 4) is 0 Å². The molecule has 0 aliphatic carbocycles. The number of thiol groups is 4. The molecule has 36 nitrogen and oxygen atoms in total. The molecule has 0 aromatic carbocycles. The third kappa shape index (κ3) is 92.7. The third-order valence-corrected chi connectivity index (χ3v) is 25.5. The van der Waals surface area contributed by atoms with Gasteiger partial charge in [0.2, 0.25) is 0 Å². The number of hydrogen-bond acceptors (Lipinski definition) is 44. The van der Waals surface area contributed by atoms with E-state index in [0.717, 1.165) is 188 Å². The summed E-state index contributed by atoms with van der Waals surface area (Å²) in [5, 5.41) is 40.2. The summed E-state index contributed by atoms with van der Waals surface area (Å²) < 4.78 is 91.7. The quantitative estimate of drug-likeness (QED) is 0.00952. The van der Waals surface area contributed by atoms with E-state index in [1.807, 2.05) is 7.05 Å². The predicted octanol–water partition coefficient (Wildman–Crippen LogP) is 7.06. The van der Waals surface area contributed by atoms with Crippen LogP contribution in [0.15, 0.2) is 0 Å². The normalized spacial score (nSPS) is 12.5. The highest BCUT2D eigenvalue weighted by Crippen LogP contribution is 2.22. The number of thioether (sulfide) groups is 4. The molecule has 806 valence electrons. The van der Waals surface area contributed by atoms with Crippen molar-refractivity contribution in [1.29, 1.82) is 0 Å². The molecule has 12 N–H and O–H groups in total. The van der Waals surface area contributed by atoms with E-state index in [4.69, 9.17) is 125 Å². The molecule has 0 aliphatic heterocycles. The Balaban J connectivity index is 5.94. The minimum atomic E-state index is -1.13. The van der Waals surface area contributed by atoms with Crippen LogP contribution < -0.4 is 63.8 Å². The molecule has 4 unspecified atom stereocenters. The minimum Gasteiger partial charge on any atom is -0.463 e. The van der Waals surface area contributed by atoms with E-state index >= 15 is 0 Å². The molecule has 0 spiro atoms. The lowest BCUT2D eigenvalue weighted by Crippen LogP contribution is -2.43. The van der Waals surface area contributed by atoms with Gasteiger partial charge in [-0.2, -0.15) is 97.6 Å². The van der Waals surface area contributed by atoms with E-state index in [9.17, 15) is 38.4 Å². The zero-order chi connectivity index (χ0) is 101. The number of carbonyl (C=O) groups is 8. The van der Waals surface area contributed by atoms with Gasteiger partial charge < -0.3 is 140 Å². The topological polar surface area (TPSA) is 429 Å². The van der Waals surface area contributed by atoms with Gasteiger partial charge in [-0.25, -0.2) is 0 Å². The highest BCUT2D eigenvalue weighted by molar-refractivity contribution is 8.00. The van der Waals surface area contributed by atoms with Gasteiger partial charge in [0.05, 0.1) is 110 Å². The molecule has 0 aliphatic rings. The molecule has 0 saturated carbocycles. The van der Waals surface area contributed by atoms with Crippen LogP contribution in [0.5, 0.6) is 0 Å². The minimum absolute atomic E-state index is 0.0305. The van der Waals surface area contributed by atoms with E-state index in [-0.39, 0.29) is 201 Å². The van der Waals surface area contributed by atoms with Gasteiger partial charge in [-0.3, -0.25) is 38.4 Å². The maximum Gasteiger partial charge on any atom is 0.306 e. The van der Waals surface area contributed by atoms with Crippen molar-refractivity contribution < 1.29 is 114 Å². The number of thiocarbonyl (C=S) groups is 4. The van der Waals surface area contributed by atoms with E-state index in [1.54, 1.807) is 0 Å². The van der Waals surface area contributed by atoms with E-state index < -0.39 is 77.6 Å². The number of esters is 8. The van der Waals surface area contributed by atoms with Crippen molar-refractivity contribution in [2.75, 3.05) is 306 Å². The smallest absolute Gasteiger partial charge is 0.306 e. The molecule has 4 atom stereocenters. The lowest BCUT2D eigenvalue weighted by Gasteiger charge is -2.33. The van der Waals surface area contributed by atoms with Crippen LogP contribution in [0.2, 0.25) is 0 Å². The van der Waals surface area contributed by atoms with Crippen LogP contribution in [-0.2, 0) is 114 Å². The fourth-order valence-corrected chi connectivity index (χ4v) is 16.4. The lowest BCUT2D eigenvalue weighted by atomic mass is 9.92. The maximum atomic E-state index is 13.0. The van der Waals surface area contributed by atoms with Gasteiger partial charge in [0, 0.05) is 95.2 Å². The average Bonchev–Trinajstić information content (AvgIpc) is 0.865. The molecule has 0 heterocycles. The van der Waals surface area contributed by atoms with Crippen LogP contribution >= 0.6 is 146 Å². The third-order valence-electron chi connectivity index (χ3n) is 19.0. The van der Waals surface area contributed by atoms with Crippen molar-refractivity contribution in [3.05, 3.63) is 0 Å². The van der Waals surface area contributed by atoms with Gasteiger partial charge >= 0.3 is 47.8 Å². The molecule has 0 rings (SSSR count). The maximum absolute atomic E-state index is 13.0. The number of hydrogen-bond donors (Lipinski definition) is 16. The summed E-state index contributed by atoms with van der Waals surface area (Å²) in [7, 11) is 1.92. The summed E-state index contributed by atoms with van der Waals surface area (Å²) in [6.07, 6.45) is 12.9. The van der Waals surface area contributed by atoms with Crippen LogP contribution in [-0.4, -0.2) is 399 Å². The van der Waals surface area contributed by atoms with Gasteiger partial charge in [-0.05, 0) is 244 Å². The first kappa shape index (κ1) is 135. The Morgan fingerprint density at radius 2 is 0.449 bits per heavy atom. The molecule has 0 aromatic heterocycles. The molecule has 0 bridgehead atoms. The number of carbonyl (C=O) groups excluding carboxylic acids is 8. The molecule has 0 fully saturated rings. The van der Waals surface area contributed by atoms with Crippen molar-refractivity contribution in [2.24, 2.45) is 5.41 Å². The Morgan fingerprint density at radius 1 is 0.261 bits per heavy atom. The highest BCUT2D eigenvalue weighted by atomic mass is 32.2. The molecule has 0 radical (unpaired) electrons. The molecular weight excluding hydrogens is 2020 g/mol. The summed E-state index contributed by atoms with van der Waals surface area (Å²) in [5.74, 6) is 0.417. The Morgan fingerprint density at radius 3 is 0.645 bits per heavy atom. The number of ether oxygens (including phenoxy) is 16. The fraction of sp³-hybridized carbons (Fsp3) is 0.867. The van der Waals surface area contributed by atoms with E-state index in [0.29, 0.717) is 72.2 Å². The fourth-order valence-electron chi connectivity index (χ4n) is 11.4. The SMILES string of the molecule is CCCNCCCCNCCCNC(=S)OC(CS)COC(=O)CCSCCC(=O)OCCOCC(COCCOC(=O)CCSCCC(=O)OCC(CS)OC(=S)NCCCNCCCCNCCC)(COCCOC(=O)CCSCCC(=O)OCC(CS)OC(=S)NCCCNCCCCNCCC)COCCOC(=O)CCSCCC(=O)OCC(CS)OC(=S)NCCCNCCCNC. The van der Waals surface area contributed by atoms with Gasteiger partial charge in [0.1, 0.15) is 77.3 Å². The largest absolute Gasteiger partial charge is 0.463 e. The zero-order valence-corrected chi connectivity index (χ0v) is 92.6. The highest BCUT2D eigenvalue weighted by Gasteiger charge is 2.33. The average molecular weight is 2190 g/mol. The summed E-state index contributed by atoms with van der Waals surface area (Å²) >= 11 is 44.4. The summed E-state index contributed by atoms with van der Waals surface area (Å²) in [6.45, 7) is 21.9. The predicted molar refractivity (Wildman–Crippen MR) is 583 cm³/mol. The first-order valence-corrected chi connectivity index (χ1v) is 57.7. The summed E-state index contributed by atoms with van der Waals surface area (Å²) in [4.78, 5) is 103.